The zero-order valence-corrected chi connectivity index (χ0v) is 14.8. The summed E-state index contributed by atoms with van der Waals surface area (Å²) in [6, 6.07) is 7.08. The molecule has 2 saturated carbocycles. The monoisotopic (exact) mass is 327 g/mol. The maximum atomic E-state index is 13.9. The summed E-state index contributed by atoms with van der Waals surface area (Å²) in [7, 11) is 0. The first-order chi connectivity index (χ1) is 11.8. The molecule has 0 bridgehead atoms. The molecule has 2 aliphatic carbocycles. The fraction of sp³-hybridized carbons (Fsp3) is 0.682. The lowest BCUT2D eigenvalue weighted by molar-refractivity contribution is 0.135. The van der Waals surface area contributed by atoms with Gasteiger partial charge in [-0.15, -0.1) is 0 Å². The summed E-state index contributed by atoms with van der Waals surface area (Å²) >= 11 is 0. The zero-order valence-electron chi connectivity index (χ0n) is 14.8. The van der Waals surface area contributed by atoms with Gasteiger partial charge in [-0.1, -0.05) is 70.3 Å². The third-order valence-corrected chi connectivity index (χ3v) is 6.43. The lowest BCUT2D eigenvalue weighted by Gasteiger charge is -2.38. The lowest BCUT2D eigenvalue weighted by Crippen LogP contribution is -2.27. The third-order valence-electron chi connectivity index (χ3n) is 6.43. The largest absolute Gasteiger partial charge is 0.206 e. The quantitative estimate of drug-likeness (QED) is 0.613. The van der Waals surface area contributed by atoms with Crippen molar-refractivity contribution in [2.45, 2.75) is 77.0 Å². The molecule has 0 spiro atoms. The predicted molar refractivity (Wildman–Crippen MR) is 96.1 cm³/mol. The summed E-state index contributed by atoms with van der Waals surface area (Å²) in [5.41, 5.74) is 1.22. The Balaban J connectivity index is 1.66. The van der Waals surface area contributed by atoms with Crippen LogP contribution in [-0.4, -0.2) is 0 Å². The second-order valence-electron chi connectivity index (χ2n) is 7.92. The number of nitrogens with zero attached hydrogens (tertiary/aromatic N) is 1. The van der Waals surface area contributed by atoms with Crippen LogP contribution in [0.1, 0.15) is 81.8 Å². The van der Waals surface area contributed by atoms with Crippen LogP contribution in [-0.2, 0) is 6.42 Å². The number of halogens is 1. The zero-order chi connectivity index (χ0) is 16.8. The van der Waals surface area contributed by atoms with E-state index >= 15 is 0 Å². The molecule has 0 heterocycles. The van der Waals surface area contributed by atoms with Gasteiger partial charge in [0.05, 0.1) is 5.56 Å². The Hall–Kier alpha value is -1.36. The molecule has 0 aliphatic heterocycles. The van der Waals surface area contributed by atoms with Crippen molar-refractivity contribution in [3.8, 4) is 6.07 Å². The highest BCUT2D eigenvalue weighted by molar-refractivity contribution is 5.33. The van der Waals surface area contributed by atoms with E-state index in [9.17, 15) is 4.39 Å². The molecule has 0 atom stereocenters. The molecule has 3 rings (SSSR count). The van der Waals surface area contributed by atoms with Gasteiger partial charge in [-0.2, -0.15) is 5.26 Å². The summed E-state index contributed by atoms with van der Waals surface area (Å²) in [6.07, 6.45) is 16.2. The fourth-order valence-corrected chi connectivity index (χ4v) is 5.12. The van der Waals surface area contributed by atoms with Gasteiger partial charge in [-0.05, 0) is 48.3 Å². The minimum absolute atomic E-state index is 0.162. The molecule has 0 unspecified atom stereocenters. The maximum absolute atomic E-state index is 13.9. The molecule has 130 valence electrons. The Morgan fingerprint density at radius 2 is 1.54 bits per heavy atom. The number of nitriles is 1. The summed E-state index contributed by atoms with van der Waals surface area (Å²) in [4.78, 5) is 0. The van der Waals surface area contributed by atoms with E-state index in [1.807, 2.05) is 12.1 Å². The van der Waals surface area contributed by atoms with Gasteiger partial charge in [-0.3, -0.25) is 0 Å². The molecular weight excluding hydrogens is 297 g/mol. The van der Waals surface area contributed by atoms with E-state index in [0.717, 1.165) is 29.7 Å². The van der Waals surface area contributed by atoms with Crippen LogP contribution in [0, 0.1) is 34.9 Å². The predicted octanol–water partition coefficient (Wildman–Crippen LogP) is 6.41. The summed E-state index contributed by atoms with van der Waals surface area (Å²) < 4.78 is 13.9. The van der Waals surface area contributed by atoms with Gasteiger partial charge in [0.25, 0.3) is 0 Å². The highest BCUT2D eigenvalue weighted by atomic mass is 19.1. The molecule has 2 heteroatoms. The van der Waals surface area contributed by atoms with E-state index in [0.29, 0.717) is 0 Å². The van der Waals surface area contributed by atoms with Crippen molar-refractivity contribution in [2.75, 3.05) is 0 Å². The molecule has 1 aromatic rings. The molecule has 0 amide bonds. The Bertz CT molecular complexity index is 544. The van der Waals surface area contributed by atoms with Crippen LogP contribution < -0.4 is 0 Å². The van der Waals surface area contributed by atoms with Gasteiger partial charge >= 0.3 is 0 Å². The Kier molecular flexibility index (Phi) is 6.30. The Labute approximate surface area is 146 Å². The minimum atomic E-state index is -0.359. The number of rotatable bonds is 5. The molecule has 1 aromatic carbocycles. The van der Waals surface area contributed by atoms with E-state index < -0.39 is 0 Å². The van der Waals surface area contributed by atoms with Gasteiger partial charge in [0.1, 0.15) is 11.9 Å². The van der Waals surface area contributed by atoms with E-state index in [4.69, 9.17) is 5.26 Å². The second-order valence-corrected chi connectivity index (χ2v) is 7.92. The van der Waals surface area contributed by atoms with E-state index in [1.54, 1.807) is 12.1 Å². The van der Waals surface area contributed by atoms with Gasteiger partial charge in [0.2, 0.25) is 0 Å². The van der Waals surface area contributed by atoms with Crippen molar-refractivity contribution in [1.29, 1.82) is 5.26 Å². The molecule has 24 heavy (non-hydrogen) atoms. The van der Waals surface area contributed by atoms with Gasteiger partial charge in [-0.25, -0.2) is 4.39 Å². The van der Waals surface area contributed by atoms with Crippen molar-refractivity contribution in [3.63, 3.8) is 0 Å². The topological polar surface area (TPSA) is 23.8 Å². The normalized spacial score (nSPS) is 20.2. The molecule has 1 nitrogen and oxygen atoms in total. The first-order valence-corrected chi connectivity index (χ1v) is 9.96. The third kappa shape index (κ3) is 4.38. The highest BCUT2D eigenvalue weighted by Crippen LogP contribution is 2.42. The molecule has 2 fully saturated rings. The number of benzene rings is 1. The van der Waals surface area contributed by atoms with Gasteiger partial charge < -0.3 is 0 Å². The highest BCUT2D eigenvalue weighted by Gasteiger charge is 2.31. The Morgan fingerprint density at radius 1 is 0.958 bits per heavy atom. The van der Waals surface area contributed by atoms with Crippen LogP contribution in [0.2, 0.25) is 0 Å². The number of hydrogen-bond acceptors (Lipinski definition) is 1. The van der Waals surface area contributed by atoms with Crippen LogP contribution in [0.15, 0.2) is 18.2 Å². The standard InChI is InChI=1S/C22H30FN/c23-22-15-17(11-13-20(22)16-24)12-14-21(18-7-3-1-4-8-18)19-9-5-2-6-10-19/h11,13,15,18-19,21H,1-10,12,14H2. The van der Waals surface area contributed by atoms with Crippen LogP contribution >= 0.6 is 0 Å². The second kappa shape index (κ2) is 8.65. The summed E-state index contributed by atoms with van der Waals surface area (Å²) in [5, 5.41) is 8.88. The minimum Gasteiger partial charge on any atom is -0.206 e. The molecule has 0 aromatic heterocycles. The van der Waals surface area contributed by atoms with E-state index in [2.05, 4.69) is 0 Å². The van der Waals surface area contributed by atoms with E-state index in [-0.39, 0.29) is 11.4 Å². The maximum Gasteiger partial charge on any atom is 0.141 e. The van der Waals surface area contributed by atoms with Crippen molar-refractivity contribution >= 4 is 0 Å². The van der Waals surface area contributed by atoms with Crippen LogP contribution in [0.3, 0.4) is 0 Å². The number of aryl methyl sites for hydroxylation is 1. The average Bonchev–Trinajstić information content (AvgIpc) is 2.64. The Morgan fingerprint density at radius 3 is 2.04 bits per heavy atom. The van der Waals surface area contributed by atoms with Gasteiger partial charge in [0, 0.05) is 0 Å². The van der Waals surface area contributed by atoms with Crippen LogP contribution in [0.4, 0.5) is 4.39 Å². The lowest BCUT2D eigenvalue weighted by atomic mass is 9.68. The molecule has 0 radical (unpaired) electrons. The van der Waals surface area contributed by atoms with Crippen molar-refractivity contribution in [3.05, 3.63) is 35.1 Å². The first-order valence-electron chi connectivity index (χ1n) is 9.96. The van der Waals surface area contributed by atoms with Crippen LogP contribution in [0.5, 0.6) is 0 Å². The summed E-state index contributed by atoms with van der Waals surface area (Å²) in [6.45, 7) is 0. The first kappa shape index (κ1) is 17.5. The molecule has 2 aliphatic rings. The number of hydrogen-bond donors (Lipinski definition) is 0. The molecule has 0 saturated heterocycles. The van der Waals surface area contributed by atoms with Crippen molar-refractivity contribution < 1.29 is 4.39 Å². The van der Waals surface area contributed by atoms with Crippen LogP contribution in [0.25, 0.3) is 0 Å². The van der Waals surface area contributed by atoms with E-state index in [1.165, 1.54) is 70.6 Å². The van der Waals surface area contributed by atoms with Crippen molar-refractivity contribution in [1.82, 2.24) is 0 Å². The molecule has 0 N–H and O–H groups in total. The fourth-order valence-electron chi connectivity index (χ4n) is 5.12. The van der Waals surface area contributed by atoms with Crippen molar-refractivity contribution in [2.24, 2.45) is 17.8 Å². The SMILES string of the molecule is N#Cc1ccc(CCC(C2CCCCC2)C2CCCCC2)cc1F. The van der Waals surface area contributed by atoms with Gasteiger partial charge in [0.15, 0.2) is 0 Å². The smallest absolute Gasteiger partial charge is 0.141 e. The average molecular weight is 327 g/mol. The summed E-state index contributed by atoms with van der Waals surface area (Å²) in [5.74, 6) is 2.25. The molecular formula is C22H30FN.